The Morgan fingerprint density at radius 1 is 1.42 bits per heavy atom. The Morgan fingerprint density at radius 3 is 2.58 bits per heavy atom. The van der Waals surface area contributed by atoms with Crippen molar-refractivity contribution in [2.45, 2.75) is 0 Å². The lowest BCUT2D eigenvalue weighted by Crippen LogP contribution is -2.33. The molecule has 6 nitrogen and oxygen atoms in total. The van der Waals surface area contributed by atoms with Gasteiger partial charge in [0.15, 0.2) is 0 Å². The van der Waals surface area contributed by atoms with Crippen LogP contribution >= 0.6 is 22.6 Å². The molecular formula is C11H15IN2O4S. The van der Waals surface area contributed by atoms with E-state index in [0.29, 0.717) is 9.13 Å². The lowest BCUT2D eigenvalue weighted by molar-refractivity contribution is 0.0955. The number of aromatic hydroxyl groups is 1. The Balaban J connectivity index is 2.59. The molecule has 106 valence electrons. The Hall–Kier alpha value is -0.870. The standard InChI is InChI=1S/C11H15IN2O4S/c1-14(2)19(17,18)6-5-13-11(16)8-3-4-9(12)10(15)7-8/h3-4,7,15H,5-6H2,1-2H3,(H,13,16). The molecule has 0 unspecified atom stereocenters. The zero-order valence-corrected chi connectivity index (χ0v) is 13.5. The topological polar surface area (TPSA) is 86.7 Å². The van der Waals surface area contributed by atoms with Gasteiger partial charge in [0.2, 0.25) is 10.0 Å². The summed E-state index contributed by atoms with van der Waals surface area (Å²) in [4.78, 5) is 11.7. The van der Waals surface area contributed by atoms with Gasteiger partial charge in [-0.15, -0.1) is 0 Å². The molecule has 0 heterocycles. The molecule has 0 bridgehead atoms. The summed E-state index contributed by atoms with van der Waals surface area (Å²) in [6, 6.07) is 4.52. The number of nitrogens with zero attached hydrogens (tertiary/aromatic N) is 1. The highest BCUT2D eigenvalue weighted by Gasteiger charge is 2.14. The molecule has 0 spiro atoms. The van der Waals surface area contributed by atoms with Crippen LogP contribution in [0, 0.1) is 3.57 Å². The number of amides is 1. The molecule has 0 saturated carbocycles. The summed E-state index contributed by atoms with van der Waals surface area (Å²) in [6.45, 7) is 0.0199. The van der Waals surface area contributed by atoms with Crippen LogP contribution in [-0.2, 0) is 10.0 Å². The first kappa shape index (κ1) is 16.2. The molecule has 1 amide bonds. The van der Waals surface area contributed by atoms with E-state index >= 15 is 0 Å². The summed E-state index contributed by atoms with van der Waals surface area (Å²) in [5.74, 6) is -0.558. The van der Waals surface area contributed by atoms with E-state index in [1.165, 1.54) is 20.2 Å². The summed E-state index contributed by atoms with van der Waals surface area (Å²) in [7, 11) is -0.445. The summed E-state index contributed by atoms with van der Waals surface area (Å²) < 4.78 is 24.7. The van der Waals surface area contributed by atoms with Crippen molar-refractivity contribution in [3.8, 4) is 5.75 Å². The van der Waals surface area contributed by atoms with Crippen LogP contribution in [0.2, 0.25) is 0 Å². The van der Waals surface area contributed by atoms with Crippen LogP contribution in [0.25, 0.3) is 0 Å². The van der Waals surface area contributed by atoms with Crippen molar-refractivity contribution in [1.29, 1.82) is 0 Å². The average Bonchev–Trinajstić information content (AvgIpc) is 2.32. The second-order valence-corrected chi connectivity index (χ2v) is 7.49. The number of carbonyl (C=O) groups excluding carboxylic acids is 1. The lowest BCUT2D eigenvalue weighted by Gasteiger charge is -2.11. The third kappa shape index (κ3) is 4.62. The van der Waals surface area contributed by atoms with Gasteiger partial charge in [0.25, 0.3) is 5.91 Å². The number of phenols is 1. The fourth-order valence-corrected chi connectivity index (χ4v) is 2.29. The van der Waals surface area contributed by atoms with Crippen LogP contribution in [-0.4, -0.2) is 50.1 Å². The molecule has 0 atom stereocenters. The van der Waals surface area contributed by atoms with Crippen molar-refractivity contribution in [3.63, 3.8) is 0 Å². The van der Waals surface area contributed by atoms with E-state index in [0.717, 1.165) is 4.31 Å². The SMILES string of the molecule is CN(C)S(=O)(=O)CCNC(=O)c1ccc(I)c(O)c1. The van der Waals surface area contributed by atoms with Crippen molar-refractivity contribution in [2.75, 3.05) is 26.4 Å². The van der Waals surface area contributed by atoms with Crippen molar-refractivity contribution in [3.05, 3.63) is 27.3 Å². The number of phenolic OH excluding ortho intramolecular Hbond substituents is 1. The van der Waals surface area contributed by atoms with Gasteiger partial charge < -0.3 is 10.4 Å². The van der Waals surface area contributed by atoms with Gasteiger partial charge in [-0.05, 0) is 40.8 Å². The molecule has 0 aliphatic rings. The highest BCUT2D eigenvalue weighted by Crippen LogP contribution is 2.20. The molecule has 8 heteroatoms. The fraction of sp³-hybridized carbons (Fsp3) is 0.364. The van der Waals surface area contributed by atoms with E-state index in [-0.39, 0.29) is 18.0 Å². The maximum atomic E-state index is 11.7. The minimum atomic E-state index is -3.32. The number of hydrogen-bond acceptors (Lipinski definition) is 4. The van der Waals surface area contributed by atoms with Crippen molar-refractivity contribution in [1.82, 2.24) is 9.62 Å². The lowest BCUT2D eigenvalue weighted by atomic mass is 10.2. The molecule has 1 aromatic rings. The number of nitrogens with one attached hydrogen (secondary N) is 1. The number of carbonyl (C=O) groups is 1. The number of benzene rings is 1. The van der Waals surface area contributed by atoms with Gasteiger partial charge in [-0.3, -0.25) is 4.79 Å². The van der Waals surface area contributed by atoms with Crippen molar-refractivity contribution < 1.29 is 18.3 Å². The zero-order chi connectivity index (χ0) is 14.6. The largest absolute Gasteiger partial charge is 0.507 e. The molecular weight excluding hydrogens is 383 g/mol. The minimum Gasteiger partial charge on any atom is -0.507 e. The fourth-order valence-electron chi connectivity index (χ4n) is 1.23. The van der Waals surface area contributed by atoms with Gasteiger partial charge in [0.05, 0.1) is 9.32 Å². The van der Waals surface area contributed by atoms with E-state index in [1.807, 2.05) is 22.6 Å². The molecule has 0 radical (unpaired) electrons. The number of hydrogen-bond donors (Lipinski definition) is 2. The molecule has 0 saturated heterocycles. The van der Waals surface area contributed by atoms with Crippen LogP contribution < -0.4 is 5.32 Å². The average molecular weight is 398 g/mol. The number of rotatable bonds is 5. The maximum Gasteiger partial charge on any atom is 0.251 e. The second kappa shape index (κ2) is 6.53. The van der Waals surface area contributed by atoms with Gasteiger partial charge >= 0.3 is 0 Å². The van der Waals surface area contributed by atoms with Gasteiger partial charge in [-0.2, -0.15) is 0 Å². The Bertz CT molecular complexity index is 572. The zero-order valence-electron chi connectivity index (χ0n) is 10.6. The molecule has 1 rings (SSSR count). The molecule has 19 heavy (non-hydrogen) atoms. The van der Waals surface area contributed by atoms with E-state index < -0.39 is 15.9 Å². The van der Waals surface area contributed by atoms with Crippen LogP contribution in [0.15, 0.2) is 18.2 Å². The molecule has 0 aliphatic carbocycles. The summed E-state index contributed by atoms with van der Waals surface area (Å²) in [6.07, 6.45) is 0. The highest BCUT2D eigenvalue weighted by atomic mass is 127. The van der Waals surface area contributed by atoms with Gasteiger partial charge in [-0.25, -0.2) is 12.7 Å². The van der Waals surface area contributed by atoms with Crippen LogP contribution in [0.3, 0.4) is 0 Å². The van der Waals surface area contributed by atoms with Gasteiger partial charge in [0.1, 0.15) is 5.75 Å². The molecule has 0 aromatic heterocycles. The molecule has 1 aromatic carbocycles. The third-order valence-electron chi connectivity index (χ3n) is 2.41. The smallest absolute Gasteiger partial charge is 0.251 e. The number of halogens is 1. The van der Waals surface area contributed by atoms with Crippen LogP contribution in [0.4, 0.5) is 0 Å². The molecule has 0 fully saturated rings. The first-order valence-electron chi connectivity index (χ1n) is 5.41. The monoisotopic (exact) mass is 398 g/mol. The molecule has 0 aliphatic heterocycles. The molecule has 2 N–H and O–H groups in total. The van der Waals surface area contributed by atoms with Gasteiger partial charge in [-0.1, -0.05) is 0 Å². The van der Waals surface area contributed by atoms with E-state index in [9.17, 15) is 18.3 Å². The van der Waals surface area contributed by atoms with E-state index in [4.69, 9.17) is 0 Å². The Kier molecular flexibility index (Phi) is 5.56. The predicted octanol–water partition coefficient (Wildman–Crippen LogP) is 0.618. The van der Waals surface area contributed by atoms with Gasteiger partial charge in [0, 0.05) is 26.2 Å². The van der Waals surface area contributed by atoms with Crippen molar-refractivity contribution in [2.24, 2.45) is 0 Å². The van der Waals surface area contributed by atoms with E-state index in [2.05, 4.69) is 5.32 Å². The van der Waals surface area contributed by atoms with Crippen molar-refractivity contribution >= 4 is 38.5 Å². The number of sulfonamides is 1. The predicted molar refractivity (Wildman–Crippen MR) is 80.6 cm³/mol. The third-order valence-corrected chi connectivity index (χ3v) is 5.16. The normalized spacial score (nSPS) is 11.6. The second-order valence-electron chi connectivity index (χ2n) is 4.02. The maximum absolute atomic E-state index is 11.7. The summed E-state index contributed by atoms with van der Waals surface area (Å²) in [5, 5.41) is 12.0. The first-order chi connectivity index (χ1) is 8.74. The summed E-state index contributed by atoms with van der Waals surface area (Å²) >= 11 is 1.94. The first-order valence-corrected chi connectivity index (χ1v) is 8.10. The quantitative estimate of drug-likeness (QED) is 0.713. The van der Waals surface area contributed by atoms with Crippen LogP contribution in [0.1, 0.15) is 10.4 Å². The van der Waals surface area contributed by atoms with Crippen LogP contribution in [0.5, 0.6) is 5.75 Å². The minimum absolute atomic E-state index is 0.0199. The van der Waals surface area contributed by atoms with E-state index in [1.54, 1.807) is 12.1 Å². The Labute approximate surface area is 126 Å². The summed E-state index contributed by atoms with van der Waals surface area (Å²) in [5.41, 5.74) is 0.292. The Morgan fingerprint density at radius 2 is 2.05 bits per heavy atom. The highest BCUT2D eigenvalue weighted by molar-refractivity contribution is 14.1.